The van der Waals surface area contributed by atoms with Crippen molar-refractivity contribution in [3.8, 4) is 0 Å². The molecule has 2 aromatic heterocycles. The summed E-state index contributed by atoms with van der Waals surface area (Å²) < 4.78 is 0. The molecule has 0 aliphatic heterocycles. The summed E-state index contributed by atoms with van der Waals surface area (Å²) in [6, 6.07) is 8.74. The maximum Gasteiger partial charge on any atom is 0.191 e. The molecule has 0 aliphatic carbocycles. The van der Waals surface area contributed by atoms with E-state index in [1.165, 1.54) is 15.3 Å². The Morgan fingerprint density at radius 2 is 2.13 bits per heavy atom. The number of thiophene rings is 1. The van der Waals surface area contributed by atoms with Gasteiger partial charge >= 0.3 is 0 Å². The minimum absolute atomic E-state index is 0.329. The Labute approximate surface area is 143 Å². The van der Waals surface area contributed by atoms with Crippen molar-refractivity contribution in [2.75, 3.05) is 6.54 Å². The van der Waals surface area contributed by atoms with Crippen LogP contribution in [0, 0.1) is 13.8 Å². The second-order valence-corrected chi connectivity index (χ2v) is 7.10. The summed E-state index contributed by atoms with van der Waals surface area (Å²) in [6.07, 6.45) is 2.82. The van der Waals surface area contributed by atoms with Crippen LogP contribution in [0.5, 0.6) is 0 Å². The highest BCUT2D eigenvalue weighted by atomic mass is 32.1. The van der Waals surface area contributed by atoms with Crippen LogP contribution in [0.15, 0.2) is 35.5 Å². The van der Waals surface area contributed by atoms with E-state index in [0.29, 0.717) is 12.6 Å². The summed E-state index contributed by atoms with van der Waals surface area (Å²) in [7, 11) is 0. The molecule has 0 saturated carbocycles. The monoisotopic (exact) mass is 330 g/mol. The van der Waals surface area contributed by atoms with Crippen molar-refractivity contribution < 1.29 is 0 Å². The van der Waals surface area contributed by atoms with Crippen LogP contribution in [0.3, 0.4) is 0 Å². The maximum atomic E-state index is 4.67. The first-order valence-corrected chi connectivity index (χ1v) is 8.90. The molecule has 0 saturated heterocycles. The number of hydrogen-bond donors (Lipinski definition) is 2. The van der Waals surface area contributed by atoms with Crippen LogP contribution in [-0.4, -0.2) is 23.5 Å². The minimum atomic E-state index is 0.329. The first-order valence-electron chi connectivity index (χ1n) is 8.09. The fourth-order valence-electron chi connectivity index (χ4n) is 2.34. The van der Waals surface area contributed by atoms with Crippen LogP contribution in [0.25, 0.3) is 0 Å². The van der Waals surface area contributed by atoms with Gasteiger partial charge in [-0.15, -0.1) is 11.3 Å². The lowest BCUT2D eigenvalue weighted by Crippen LogP contribution is -2.43. The number of aryl methyl sites for hydroxylation is 2. The molecule has 2 N–H and O–H groups in total. The van der Waals surface area contributed by atoms with Crippen LogP contribution in [-0.2, 0) is 13.0 Å². The van der Waals surface area contributed by atoms with E-state index in [1.807, 2.05) is 23.6 Å². The second kappa shape index (κ2) is 8.67. The molecule has 124 valence electrons. The maximum absolute atomic E-state index is 4.67. The lowest BCUT2D eigenvalue weighted by atomic mass is 10.2. The number of aliphatic imine (C=N–C) groups is 1. The van der Waals surface area contributed by atoms with Crippen molar-refractivity contribution in [1.82, 2.24) is 15.6 Å². The lowest BCUT2D eigenvalue weighted by Gasteiger charge is -2.17. The standard InChI is InChI=1S/C18H26N4S/c1-5-19-18(21-12-17-13(2)7-6-10-20-17)22-14(3)11-16-9-8-15(4)23-16/h6-10,14H,5,11-12H2,1-4H3,(H2,19,21,22). The summed E-state index contributed by atoms with van der Waals surface area (Å²) in [5, 5.41) is 6.79. The molecular formula is C18H26N4S. The van der Waals surface area contributed by atoms with E-state index in [1.54, 1.807) is 0 Å². The predicted molar refractivity (Wildman–Crippen MR) is 99.1 cm³/mol. The van der Waals surface area contributed by atoms with Crippen molar-refractivity contribution in [1.29, 1.82) is 0 Å². The summed E-state index contributed by atoms with van der Waals surface area (Å²) in [4.78, 5) is 11.8. The van der Waals surface area contributed by atoms with Gasteiger partial charge in [0.05, 0.1) is 12.2 Å². The molecule has 0 aromatic carbocycles. The summed E-state index contributed by atoms with van der Waals surface area (Å²) >= 11 is 1.86. The normalized spacial score (nSPS) is 13.0. The molecular weight excluding hydrogens is 304 g/mol. The SMILES string of the molecule is CCNC(=NCc1ncccc1C)NC(C)Cc1ccc(C)s1. The zero-order chi connectivity index (χ0) is 16.7. The molecule has 2 rings (SSSR count). The van der Waals surface area contributed by atoms with Gasteiger partial charge < -0.3 is 10.6 Å². The third kappa shape index (κ3) is 5.67. The van der Waals surface area contributed by atoms with E-state index in [4.69, 9.17) is 0 Å². The Balaban J connectivity index is 1.97. The highest BCUT2D eigenvalue weighted by Crippen LogP contribution is 2.16. The lowest BCUT2D eigenvalue weighted by molar-refractivity contribution is 0.645. The van der Waals surface area contributed by atoms with E-state index in [9.17, 15) is 0 Å². The molecule has 0 amide bonds. The molecule has 2 aromatic rings. The topological polar surface area (TPSA) is 49.3 Å². The number of nitrogens with one attached hydrogen (secondary N) is 2. The molecule has 0 fully saturated rings. The largest absolute Gasteiger partial charge is 0.357 e. The summed E-state index contributed by atoms with van der Waals surface area (Å²) in [5.74, 6) is 0.846. The number of pyridine rings is 1. The molecule has 2 heterocycles. The van der Waals surface area contributed by atoms with Gasteiger partial charge in [0.1, 0.15) is 0 Å². The quantitative estimate of drug-likeness (QED) is 0.630. The average Bonchev–Trinajstić information content (AvgIpc) is 2.91. The second-order valence-electron chi connectivity index (χ2n) is 5.72. The Bertz CT molecular complexity index is 648. The molecule has 4 nitrogen and oxygen atoms in total. The van der Waals surface area contributed by atoms with Gasteiger partial charge in [0.2, 0.25) is 0 Å². The fourth-order valence-corrected chi connectivity index (χ4v) is 3.36. The van der Waals surface area contributed by atoms with Crippen molar-refractivity contribution in [2.24, 2.45) is 4.99 Å². The molecule has 0 radical (unpaired) electrons. The van der Waals surface area contributed by atoms with Gasteiger partial charge in [0, 0.05) is 35.0 Å². The van der Waals surface area contributed by atoms with Crippen LogP contribution >= 0.6 is 11.3 Å². The summed E-state index contributed by atoms with van der Waals surface area (Å²) in [5.41, 5.74) is 2.19. The van der Waals surface area contributed by atoms with Crippen LogP contribution in [0.2, 0.25) is 0 Å². The third-order valence-corrected chi connectivity index (χ3v) is 4.56. The van der Waals surface area contributed by atoms with Gasteiger partial charge in [-0.05, 0) is 51.5 Å². The highest BCUT2D eigenvalue weighted by Gasteiger charge is 2.08. The predicted octanol–water partition coefficient (Wildman–Crippen LogP) is 3.45. The number of guanidine groups is 1. The van der Waals surface area contributed by atoms with Crippen molar-refractivity contribution in [2.45, 2.75) is 46.7 Å². The zero-order valence-electron chi connectivity index (χ0n) is 14.4. The molecule has 23 heavy (non-hydrogen) atoms. The number of aromatic nitrogens is 1. The van der Waals surface area contributed by atoms with E-state index in [0.717, 1.165) is 24.6 Å². The molecule has 0 aliphatic rings. The molecule has 1 unspecified atom stereocenters. The third-order valence-electron chi connectivity index (χ3n) is 3.54. The van der Waals surface area contributed by atoms with Gasteiger partial charge in [0.15, 0.2) is 5.96 Å². The molecule has 0 spiro atoms. The molecule has 1 atom stereocenters. The Morgan fingerprint density at radius 3 is 2.78 bits per heavy atom. The summed E-state index contributed by atoms with van der Waals surface area (Å²) in [6.45, 7) is 9.92. The van der Waals surface area contributed by atoms with Gasteiger partial charge in [0.25, 0.3) is 0 Å². The van der Waals surface area contributed by atoms with E-state index >= 15 is 0 Å². The van der Waals surface area contributed by atoms with Gasteiger partial charge in [-0.3, -0.25) is 4.98 Å². The average molecular weight is 331 g/mol. The molecule has 0 bridgehead atoms. The van der Waals surface area contributed by atoms with Crippen LogP contribution < -0.4 is 10.6 Å². The van der Waals surface area contributed by atoms with Crippen molar-refractivity contribution >= 4 is 17.3 Å². The minimum Gasteiger partial charge on any atom is -0.357 e. The van der Waals surface area contributed by atoms with Gasteiger partial charge in [-0.1, -0.05) is 6.07 Å². The number of hydrogen-bond acceptors (Lipinski definition) is 3. The van der Waals surface area contributed by atoms with E-state index in [-0.39, 0.29) is 0 Å². The van der Waals surface area contributed by atoms with E-state index in [2.05, 4.69) is 66.5 Å². The van der Waals surface area contributed by atoms with Crippen molar-refractivity contribution in [3.63, 3.8) is 0 Å². The van der Waals surface area contributed by atoms with Crippen LogP contribution in [0.1, 0.15) is 34.9 Å². The Kier molecular flexibility index (Phi) is 6.59. The zero-order valence-corrected chi connectivity index (χ0v) is 15.2. The smallest absolute Gasteiger partial charge is 0.191 e. The van der Waals surface area contributed by atoms with Crippen LogP contribution in [0.4, 0.5) is 0 Å². The van der Waals surface area contributed by atoms with Gasteiger partial charge in [-0.2, -0.15) is 0 Å². The highest BCUT2D eigenvalue weighted by molar-refractivity contribution is 7.11. The van der Waals surface area contributed by atoms with E-state index < -0.39 is 0 Å². The Morgan fingerprint density at radius 1 is 1.30 bits per heavy atom. The fraction of sp³-hybridized carbons (Fsp3) is 0.444. The Hall–Kier alpha value is -1.88. The van der Waals surface area contributed by atoms with Gasteiger partial charge in [-0.25, -0.2) is 4.99 Å². The van der Waals surface area contributed by atoms with Crippen molar-refractivity contribution in [3.05, 3.63) is 51.5 Å². The number of nitrogens with zero attached hydrogens (tertiary/aromatic N) is 2. The first kappa shape index (κ1) is 17.5. The molecule has 5 heteroatoms. The number of rotatable bonds is 6. The first-order chi connectivity index (χ1) is 11.1.